The Morgan fingerprint density at radius 1 is 0.900 bits per heavy atom. The molecule has 0 aromatic rings. The van der Waals surface area contributed by atoms with Crippen molar-refractivity contribution in [2.45, 2.75) is 56.6 Å². The third-order valence-corrected chi connectivity index (χ3v) is 6.29. The largest absolute Gasteiger partial charge is 0.481 e. The normalized spacial score (nSPS) is 31.9. The Bertz CT molecular complexity index is 352. The van der Waals surface area contributed by atoms with Crippen LogP contribution in [0, 0.1) is 17.8 Å². The van der Waals surface area contributed by atoms with Gasteiger partial charge in [-0.1, -0.05) is 19.3 Å². The molecule has 0 aromatic carbocycles. The van der Waals surface area contributed by atoms with Gasteiger partial charge < -0.3 is 10.2 Å². The van der Waals surface area contributed by atoms with E-state index in [1.165, 1.54) is 32.1 Å². The predicted octanol–water partition coefficient (Wildman–Crippen LogP) is 3.25. The smallest absolute Gasteiger partial charge is 0.307 e. The Morgan fingerprint density at radius 3 is 2.15 bits per heavy atom. The highest BCUT2D eigenvalue weighted by Crippen LogP contribution is 2.38. The molecule has 2 fully saturated rings. The molecule has 0 bridgehead atoms. The second-order valence-corrected chi connectivity index (χ2v) is 7.50. The summed E-state index contributed by atoms with van der Waals surface area (Å²) in [5, 5.41) is 18.7. The fraction of sp³-hybridized carbons (Fsp3) is 0.867. The molecule has 3 unspecified atom stereocenters. The topological polar surface area (TPSA) is 74.6 Å². The van der Waals surface area contributed by atoms with Crippen LogP contribution in [0.2, 0.25) is 0 Å². The fourth-order valence-electron chi connectivity index (χ4n) is 3.48. The van der Waals surface area contributed by atoms with Gasteiger partial charge in [0.05, 0.1) is 11.8 Å². The van der Waals surface area contributed by atoms with Crippen LogP contribution in [0.15, 0.2) is 0 Å². The van der Waals surface area contributed by atoms with Crippen molar-refractivity contribution < 1.29 is 19.8 Å². The third-order valence-electron chi connectivity index (χ3n) is 4.73. The number of carboxylic acid groups (broad SMARTS) is 2. The highest BCUT2D eigenvalue weighted by molar-refractivity contribution is 7.99. The summed E-state index contributed by atoms with van der Waals surface area (Å²) in [6.07, 6.45) is 8.49. The van der Waals surface area contributed by atoms with Crippen molar-refractivity contribution in [1.82, 2.24) is 0 Å². The molecule has 114 valence electrons. The number of rotatable bonds is 5. The average Bonchev–Trinajstić information content (AvgIpc) is 2.45. The number of carbonyl (C=O) groups is 2. The van der Waals surface area contributed by atoms with Gasteiger partial charge in [-0.15, -0.1) is 0 Å². The van der Waals surface area contributed by atoms with E-state index in [9.17, 15) is 14.7 Å². The van der Waals surface area contributed by atoms with E-state index in [2.05, 4.69) is 0 Å². The van der Waals surface area contributed by atoms with Gasteiger partial charge >= 0.3 is 11.9 Å². The SMILES string of the molecule is O=C(O)C1CCC(SCC2CCCCC2)CC1C(=O)O. The lowest BCUT2D eigenvalue weighted by atomic mass is 9.79. The van der Waals surface area contributed by atoms with Crippen molar-refractivity contribution in [2.24, 2.45) is 17.8 Å². The van der Waals surface area contributed by atoms with Gasteiger partial charge in [-0.3, -0.25) is 9.59 Å². The molecule has 2 aliphatic carbocycles. The first-order valence-electron chi connectivity index (χ1n) is 7.65. The number of hydrogen-bond donors (Lipinski definition) is 2. The van der Waals surface area contributed by atoms with Gasteiger partial charge in [0.15, 0.2) is 0 Å². The van der Waals surface area contributed by atoms with Gasteiger partial charge in [-0.05, 0) is 43.8 Å². The molecule has 5 heteroatoms. The molecule has 2 N–H and O–H groups in total. The van der Waals surface area contributed by atoms with Crippen molar-refractivity contribution in [3.63, 3.8) is 0 Å². The average molecular weight is 300 g/mol. The van der Waals surface area contributed by atoms with Crippen LogP contribution in [0.1, 0.15) is 51.4 Å². The maximum absolute atomic E-state index is 11.2. The Kier molecular flexibility index (Phi) is 5.75. The summed E-state index contributed by atoms with van der Waals surface area (Å²) in [4.78, 5) is 22.4. The zero-order valence-electron chi connectivity index (χ0n) is 11.8. The molecule has 2 rings (SSSR count). The van der Waals surface area contributed by atoms with Gasteiger partial charge in [-0.25, -0.2) is 0 Å². The summed E-state index contributed by atoms with van der Waals surface area (Å²) in [6, 6.07) is 0. The van der Waals surface area contributed by atoms with E-state index >= 15 is 0 Å². The van der Waals surface area contributed by atoms with Crippen LogP contribution >= 0.6 is 11.8 Å². The summed E-state index contributed by atoms with van der Waals surface area (Å²) < 4.78 is 0. The first-order valence-corrected chi connectivity index (χ1v) is 8.70. The van der Waals surface area contributed by atoms with E-state index in [-0.39, 0.29) is 0 Å². The highest BCUT2D eigenvalue weighted by atomic mass is 32.2. The van der Waals surface area contributed by atoms with Crippen molar-refractivity contribution in [1.29, 1.82) is 0 Å². The lowest BCUT2D eigenvalue weighted by molar-refractivity contribution is -0.155. The quantitative estimate of drug-likeness (QED) is 0.815. The molecular formula is C15H24O4S. The van der Waals surface area contributed by atoms with Crippen molar-refractivity contribution in [3.05, 3.63) is 0 Å². The molecular weight excluding hydrogens is 276 g/mol. The molecule has 0 spiro atoms. The fourth-order valence-corrected chi connectivity index (χ4v) is 5.00. The minimum absolute atomic E-state index is 0.327. The zero-order chi connectivity index (χ0) is 14.5. The molecule has 0 heterocycles. The minimum Gasteiger partial charge on any atom is -0.481 e. The van der Waals surface area contributed by atoms with Crippen LogP contribution in [0.25, 0.3) is 0 Å². The summed E-state index contributed by atoms with van der Waals surface area (Å²) >= 11 is 1.88. The molecule has 2 aliphatic rings. The molecule has 3 atom stereocenters. The molecule has 2 saturated carbocycles. The molecule has 0 amide bonds. The van der Waals surface area contributed by atoms with Gasteiger partial charge in [-0.2, -0.15) is 11.8 Å². The minimum atomic E-state index is -0.951. The summed E-state index contributed by atoms with van der Waals surface area (Å²) in [7, 11) is 0. The lowest BCUT2D eigenvalue weighted by Gasteiger charge is -2.32. The lowest BCUT2D eigenvalue weighted by Crippen LogP contribution is -2.36. The van der Waals surface area contributed by atoms with Crippen LogP contribution in [-0.4, -0.2) is 33.2 Å². The first kappa shape index (κ1) is 15.7. The number of thioether (sulfide) groups is 1. The van der Waals surface area contributed by atoms with Gasteiger partial charge in [0.25, 0.3) is 0 Å². The third kappa shape index (κ3) is 4.14. The Balaban J connectivity index is 1.82. The number of hydrogen-bond acceptors (Lipinski definition) is 3. The zero-order valence-corrected chi connectivity index (χ0v) is 12.6. The number of carboxylic acids is 2. The molecule has 4 nitrogen and oxygen atoms in total. The maximum atomic E-state index is 11.2. The van der Waals surface area contributed by atoms with E-state index in [0.717, 1.165) is 18.1 Å². The summed E-state index contributed by atoms with van der Waals surface area (Å²) in [5.41, 5.74) is 0. The van der Waals surface area contributed by atoms with Gasteiger partial charge in [0.2, 0.25) is 0 Å². The van der Waals surface area contributed by atoms with E-state index in [4.69, 9.17) is 5.11 Å². The van der Waals surface area contributed by atoms with Crippen molar-refractivity contribution in [3.8, 4) is 0 Å². The maximum Gasteiger partial charge on any atom is 0.307 e. The first-order chi connectivity index (χ1) is 9.58. The van der Waals surface area contributed by atoms with E-state index < -0.39 is 23.8 Å². The van der Waals surface area contributed by atoms with E-state index in [1.807, 2.05) is 11.8 Å². The molecule has 0 aliphatic heterocycles. The Hall–Kier alpha value is -0.710. The molecule has 20 heavy (non-hydrogen) atoms. The second-order valence-electron chi connectivity index (χ2n) is 6.16. The van der Waals surface area contributed by atoms with Crippen LogP contribution < -0.4 is 0 Å². The monoisotopic (exact) mass is 300 g/mol. The van der Waals surface area contributed by atoms with Crippen molar-refractivity contribution >= 4 is 23.7 Å². The van der Waals surface area contributed by atoms with Gasteiger partial charge in [0.1, 0.15) is 0 Å². The standard InChI is InChI=1S/C15H24O4S/c16-14(17)12-7-6-11(8-13(12)15(18)19)20-9-10-4-2-1-3-5-10/h10-13H,1-9H2,(H,16,17)(H,18,19). The van der Waals surface area contributed by atoms with Crippen LogP contribution in [0.3, 0.4) is 0 Å². The molecule has 0 aromatic heterocycles. The van der Waals surface area contributed by atoms with Gasteiger partial charge in [0, 0.05) is 5.25 Å². The summed E-state index contributed by atoms with van der Waals surface area (Å²) in [5.74, 6) is -1.39. The van der Waals surface area contributed by atoms with Crippen molar-refractivity contribution in [2.75, 3.05) is 5.75 Å². The second kappa shape index (κ2) is 7.34. The highest BCUT2D eigenvalue weighted by Gasteiger charge is 2.39. The summed E-state index contributed by atoms with van der Waals surface area (Å²) in [6.45, 7) is 0. The predicted molar refractivity (Wildman–Crippen MR) is 78.9 cm³/mol. The van der Waals surface area contributed by atoms with E-state index in [1.54, 1.807) is 0 Å². The van der Waals surface area contributed by atoms with Crippen LogP contribution in [0.4, 0.5) is 0 Å². The van der Waals surface area contributed by atoms with Crippen LogP contribution in [-0.2, 0) is 9.59 Å². The Morgan fingerprint density at radius 2 is 1.55 bits per heavy atom. The number of aliphatic carboxylic acids is 2. The Labute approximate surface area is 124 Å². The van der Waals surface area contributed by atoms with E-state index in [0.29, 0.717) is 18.1 Å². The molecule has 0 radical (unpaired) electrons. The molecule has 0 saturated heterocycles. The van der Waals surface area contributed by atoms with Crippen LogP contribution in [0.5, 0.6) is 0 Å².